The molecule has 0 aromatic carbocycles. The third kappa shape index (κ3) is 1.55. The van der Waals surface area contributed by atoms with E-state index in [1.54, 1.807) is 12.3 Å². The van der Waals surface area contributed by atoms with Crippen molar-refractivity contribution in [1.29, 1.82) is 0 Å². The molecule has 3 heterocycles. The van der Waals surface area contributed by atoms with Crippen molar-refractivity contribution in [2.45, 2.75) is 18.9 Å². The van der Waals surface area contributed by atoms with Gasteiger partial charge in [-0.1, -0.05) is 5.16 Å². The van der Waals surface area contributed by atoms with E-state index < -0.39 is 0 Å². The van der Waals surface area contributed by atoms with Gasteiger partial charge >= 0.3 is 0 Å². The minimum Gasteiger partial charge on any atom is -0.461 e. The van der Waals surface area contributed by atoms with Gasteiger partial charge in [-0.2, -0.15) is 4.98 Å². The molecule has 2 aromatic rings. The van der Waals surface area contributed by atoms with Crippen molar-refractivity contribution in [3.05, 3.63) is 24.3 Å². The standard InChI is InChI=1S/C10H11N3O2/c1-3-7(11-5-1)10-12-9(13-15-10)8-4-2-6-14-8/h2,4,6-7,11H,1,3,5H2. The summed E-state index contributed by atoms with van der Waals surface area (Å²) < 4.78 is 10.4. The lowest BCUT2D eigenvalue weighted by atomic mass is 10.2. The first-order valence-electron chi connectivity index (χ1n) is 5.04. The molecule has 5 heteroatoms. The fraction of sp³-hybridized carbons (Fsp3) is 0.400. The highest BCUT2D eigenvalue weighted by Crippen LogP contribution is 2.24. The highest BCUT2D eigenvalue weighted by Gasteiger charge is 2.23. The van der Waals surface area contributed by atoms with E-state index in [0.29, 0.717) is 17.5 Å². The number of furan rings is 1. The molecule has 2 aromatic heterocycles. The fourth-order valence-corrected chi connectivity index (χ4v) is 1.78. The minimum atomic E-state index is 0.209. The van der Waals surface area contributed by atoms with Crippen molar-refractivity contribution < 1.29 is 8.94 Å². The van der Waals surface area contributed by atoms with Crippen LogP contribution in [0, 0.1) is 0 Å². The Morgan fingerprint density at radius 2 is 2.47 bits per heavy atom. The Hall–Kier alpha value is -1.62. The number of rotatable bonds is 2. The van der Waals surface area contributed by atoms with Crippen LogP contribution in [0.5, 0.6) is 0 Å². The second-order valence-corrected chi connectivity index (χ2v) is 3.58. The lowest BCUT2D eigenvalue weighted by molar-refractivity contribution is 0.344. The monoisotopic (exact) mass is 205 g/mol. The van der Waals surface area contributed by atoms with Gasteiger partial charge in [0.1, 0.15) is 0 Å². The van der Waals surface area contributed by atoms with Crippen LogP contribution in [0.15, 0.2) is 27.3 Å². The molecule has 1 atom stereocenters. The number of aromatic nitrogens is 2. The molecule has 3 rings (SSSR count). The second-order valence-electron chi connectivity index (χ2n) is 3.58. The third-order valence-electron chi connectivity index (χ3n) is 2.54. The second kappa shape index (κ2) is 3.51. The summed E-state index contributed by atoms with van der Waals surface area (Å²) in [7, 11) is 0. The molecule has 1 saturated heterocycles. The largest absolute Gasteiger partial charge is 0.461 e. The first kappa shape index (κ1) is 8.67. The Morgan fingerprint density at radius 1 is 1.47 bits per heavy atom. The van der Waals surface area contributed by atoms with Crippen LogP contribution in [0.1, 0.15) is 24.8 Å². The molecule has 0 bridgehead atoms. The van der Waals surface area contributed by atoms with E-state index in [1.807, 2.05) is 6.07 Å². The zero-order valence-corrected chi connectivity index (χ0v) is 8.14. The fourth-order valence-electron chi connectivity index (χ4n) is 1.78. The van der Waals surface area contributed by atoms with E-state index in [-0.39, 0.29) is 6.04 Å². The van der Waals surface area contributed by atoms with Crippen molar-refractivity contribution in [3.8, 4) is 11.6 Å². The van der Waals surface area contributed by atoms with Crippen LogP contribution >= 0.6 is 0 Å². The topological polar surface area (TPSA) is 64.1 Å². The Morgan fingerprint density at radius 3 is 3.20 bits per heavy atom. The Kier molecular flexibility index (Phi) is 2.03. The number of nitrogens with one attached hydrogen (secondary N) is 1. The maximum absolute atomic E-state index is 5.19. The Bertz CT molecular complexity index is 429. The number of nitrogens with zero attached hydrogens (tertiary/aromatic N) is 2. The average Bonchev–Trinajstić information content (AvgIpc) is 3.02. The first-order valence-corrected chi connectivity index (χ1v) is 5.04. The van der Waals surface area contributed by atoms with Gasteiger partial charge in [0, 0.05) is 0 Å². The first-order chi connectivity index (χ1) is 7.43. The minimum absolute atomic E-state index is 0.209. The zero-order valence-electron chi connectivity index (χ0n) is 8.14. The summed E-state index contributed by atoms with van der Waals surface area (Å²) in [5.41, 5.74) is 0. The molecule has 15 heavy (non-hydrogen) atoms. The van der Waals surface area contributed by atoms with Gasteiger partial charge in [-0.3, -0.25) is 0 Å². The normalized spacial score (nSPS) is 20.9. The van der Waals surface area contributed by atoms with Gasteiger partial charge in [-0.05, 0) is 31.5 Å². The van der Waals surface area contributed by atoms with Crippen LogP contribution in [-0.4, -0.2) is 16.7 Å². The lowest BCUT2D eigenvalue weighted by Crippen LogP contribution is -2.12. The summed E-state index contributed by atoms with van der Waals surface area (Å²) in [5, 5.41) is 7.19. The van der Waals surface area contributed by atoms with E-state index in [4.69, 9.17) is 8.94 Å². The predicted molar refractivity (Wildman–Crippen MR) is 52.0 cm³/mol. The Balaban J connectivity index is 1.87. The van der Waals surface area contributed by atoms with E-state index in [1.165, 1.54) is 0 Å². The van der Waals surface area contributed by atoms with Crippen molar-refractivity contribution in [2.75, 3.05) is 6.54 Å². The smallest absolute Gasteiger partial charge is 0.244 e. The average molecular weight is 205 g/mol. The molecule has 1 aliphatic rings. The molecule has 0 saturated carbocycles. The van der Waals surface area contributed by atoms with Crippen LogP contribution in [0.4, 0.5) is 0 Å². The number of hydrogen-bond acceptors (Lipinski definition) is 5. The maximum atomic E-state index is 5.19. The van der Waals surface area contributed by atoms with Crippen molar-refractivity contribution in [2.24, 2.45) is 0 Å². The van der Waals surface area contributed by atoms with Crippen LogP contribution in [0.3, 0.4) is 0 Å². The maximum Gasteiger partial charge on any atom is 0.244 e. The van der Waals surface area contributed by atoms with E-state index >= 15 is 0 Å². The summed E-state index contributed by atoms with van der Waals surface area (Å²) in [6.07, 6.45) is 3.81. The molecule has 1 N–H and O–H groups in total. The summed E-state index contributed by atoms with van der Waals surface area (Å²) in [4.78, 5) is 4.30. The van der Waals surface area contributed by atoms with Gasteiger partial charge in [0.15, 0.2) is 5.76 Å². The highest BCUT2D eigenvalue weighted by molar-refractivity contribution is 5.44. The summed E-state index contributed by atoms with van der Waals surface area (Å²) in [6.45, 7) is 1.02. The van der Waals surface area contributed by atoms with E-state index in [2.05, 4.69) is 15.5 Å². The van der Waals surface area contributed by atoms with Crippen molar-refractivity contribution >= 4 is 0 Å². The quantitative estimate of drug-likeness (QED) is 0.809. The molecule has 5 nitrogen and oxygen atoms in total. The highest BCUT2D eigenvalue weighted by atomic mass is 16.5. The van der Waals surface area contributed by atoms with Crippen molar-refractivity contribution in [1.82, 2.24) is 15.5 Å². The van der Waals surface area contributed by atoms with Crippen LogP contribution in [-0.2, 0) is 0 Å². The molecule has 0 spiro atoms. The molecule has 1 fully saturated rings. The van der Waals surface area contributed by atoms with Crippen LogP contribution < -0.4 is 5.32 Å². The summed E-state index contributed by atoms with van der Waals surface area (Å²) in [5.74, 6) is 1.81. The van der Waals surface area contributed by atoms with Crippen LogP contribution in [0.2, 0.25) is 0 Å². The predicted octanol–water partition coefficient (Wildman–Crippen LogP) is 1.75. The van der Waals surface area contributed by atoms with Crippen molar-refractivity contribution in [3.63, 3.8) is 0 Å². The lowest BCUT2D eigenvalue weighted by Gasteiger charge is -2.00. The molecular formula is C10H11N3O2. The molecular weight excluding hydrogens is 194 g/mol. The van der Waals surface area contributed by atoms with E-state index in [9.17, 15) is 0 Å². The molecule has 0 aliphatic carbocycles. The van der Waals surface area contributed by atoms with E-state index in [0.717, 1.165) is 19.4 Å². The zero-order chi connectivity index (χ0) is 10.1. The van der Waals surface area contributed by atoms with Gasteiger partial charge in [-0.15, -0.1) is 0 Å². The van der Waals surface area contributed by atoms with Crippen LogP contribution in [0.25, 0.3) is 11.6 Å². The van der Waals surface area contributed by atoms with Gasteiger partial charge in [0.05, 0.1) is 12.3 Å². The molecule has 0 amide bonds. The van der Waals surface area contributed by atoms with Gasteiger partial charge in [0.25, 0.3) is 0 Å². The molecule has 78 valence electrons. The van der Waals surface area contributed by atoms with Gasteiger partial charge in [-0.25, -0.2) is 0 Å². The molecule has 0 radical (unpaired) electrons. The Labute approximate surface area is 86.5 Å². The molecule has 1 unspecified atom stereocenters. The number of hydrogen-bond donors (Lipinski definition) is 1. The van der Waals surface area contributed by atoms with Gasteiger partial charge < -0.3 is 14.3 Å². The summed E-state index contributed by atoms with van der Waals surface area (Å²) >= 11 is 0. The third-order valence-corrected chi connectivity index (χ3v) is 2.54. The summed E-state index contributed by atoms with van der Waals surface area (Å²) in [6, 6.07) is 3.83. The van der Waals surface area contributed by atoms with Gasteiger partial charge in [0.2, 0.25) is 11.7 Å². The SMILES string of the molecule is c1coc(-c2noc(C3CCCN3)n2)c1. The molecule has 1 aliphatic heterocycles.